The number of benzene rings is 1. The number of nitrogens with one attached hydrogen (secondary N) is 1. The van der Waals surface area contributed by atoms with Gasteiger partial charge in [-0.2, -0.15) is 0 Å². The zero-order chi connectivity index (χ0) is 17.8. The lowest BCUT2D eigenvalue weighted by Crippen LogP contribution is -2.54. The molecular formula is C20H29N3O2. The number of amides is 3. The summed E-state index contributed by atoms with van der Waals surface area (Å²) in [5.41, 5.74) is 3.99. The van der Waals surface area contributed by atoms with Crippen molar-refractivity contribution in [2.24, 2.45) is 0 Å². The van der Waals surface area contributed by atoms with Crippen LogP contribution >= 0.6 is 0 Å². The van der Waals surface area contributed by atoms with Gasteiger partial charge in [0.15, 0.2) is 0 Å². The first kappa shape index (κ1) is 17.8. The van der Waals surface area contributed by atoms with Gasteiger partial charge in [-0.1, -0.05) is 18.2 Å². The van der Waals surface area contributed by atoms with E-state index in [1.807, 2.05) is 18.7 Å². The molecule has 1 fully saturated rings. The van der Waals surface area contributed by atoms with Gasteiger partial charge in [0.2, 0.25) is 5.91 Å². The number of fused-ring (bicyclic) bond motifs is 1. The maximum atomic E-state index is 12.6. The summed E-state index contributed by atoms with van der Waals surface area (Å²) in [6.45, 7) is 6.36. The summed E-state index contributed by atoms with van der Waals surface area (Å²) >= 11 is 0. The topological polar surface area (TPSA) is 52.7 Å². The lowest BCUT2D eigenvalue weighted by molar-refractivity contribution is -0.131. The van der Waals surface area contributed by atoms with Crippen LogP contribution < -0.4 is 5.32 Å². The van der Waals surface area contributed by atoms with E-state index in [0.717, 1.165) is 12.0 Å². The lowest BCUT2D eigenvalue weighted by Gasteiger charge is -2.35. The zero-order valence-corrected chi connectivity index (χ0v) is 15.4. The number of aryl methyl sites for hydroxylation is 2. The molecule has 0 radical (unpaired) electrons. The van der Waals surface area contributed by atoms with Gasteiger partial charge >= 0.3 is 6.03 Å². The molecule has 1 heterocycles. The fourth-order valence-electron chi connectivity index (χ4n) is 3.68. The first-order chi connectivity index (χ1) is 12.0. The van der Waals surface area contributed by atoms with E-state index in [4.69, 9.17) is 0 Å². The average molecular weight is 343 g/mol. The normalized spacial score (nSPS) is 17.4. The largest absolute Gasteiger partial charge is 0.339 e. The van der Waals surface area contributed by atoms with E-state index in [9.17, 15) is 9.59 Å². The SMILES string of the molecule is CC(C)NC(=O)N1CCN(C(=O)Cc2ccc3c(c2)CCCC3)CC1. The van der Waals surface area contributed by atoms with Crippen molar-refractivity contribution in [3.05, 3.63) is 34.9 Å². The van der Waals surface area contributed by atoms with Crippen molar-refractivity contribution in [3.63, 3.8) is 0 Å². The van der Waals surface area contributed by atoms with Crippen molar-refractivity contribution in [2.45, 2.75) is 52.0 Å². The van der Waals surface area contributed by atoms with Crippen LogP contribution in [0.1, 0.15) is 43.4 Å². The van der Waals surface area contributed by atoms with Gasteiger partial charge < -0.3 is 15.1 Å². The third-order valence-electron chi connectivity index (χ3n) is 5.10. The molecule has 2 aliphatic rings. The second-order valence-corrected chi connectivity index (χ2v) is 7.46. The molecule has 1 aromatic rings. The highest BCUT2D eigenvalue weighted by molar-refractivity contribution is 5.79. The predicted octanol–water partition coefficient (Wildman–Crippen LogP) is 2.37. The Bertz CT molecular complexity index is 634. The second kappa shape index (κ2) is 7.89. The highest BCUT2D eigenvalue weighted by Crippen LogP contribution is 2.22. The van der Waals surface area contributed by atoms with Crippen LogP contribution in [0.2, 0.25) is 0 Å². The van der Waals surface area contributed by atoms with E-state index in [-0.39, 0.29) is 18.0 Å². The van der Waals surface area contributed by atoms with E-state index in [1.165, 1.54) is 30.4 Å². The zero-order valence-electron chi connectivity index (χ0n) is 15.4. The summed E-state index contributed by atoms with van der Waals surface area (Å²) < 4.78 is 0. The molecule has 1 aliphatic carbocycles. The first-order valence-corrected chi connectivity index (χ1v) is 9.47. The van der Waals surface area contributed by atoms with Crippen molar-refractivity contribution < 1.29 is 9.59 Å². The smallest absolute Gasteiger partial charge is 0.317 e. The molecule has 0 unspecified atom stereocenters. The minimum Gasteiger partial charge on any atom is -0.339 e. The van der Waals surface area contributed by atoms with Gasteiger partial charge in [0.25, 0.3) is 0 Å². The molecule has 5 heteroatoms. The number of urea groups is 1. The quantitative estimate of drug-likeness (QED) is 0.916. The molecule has 1 aliphatic heterocycles. The fourth-order valence-corrected chi connectivity index (χ4v) is 3.68. The second-order valence-electron chi connectivity index (χ2n) is 7.46. The molecule has 1 saturated heterocycles. The van der Waals surface area contributed by atoms with Gasteiger partial charge in [-0.3, -0.25) is 4.79 Å². The fraction of sp³-hybridized carbons (Fsp3) is 0.600. The molecule has 1 N–H and O–H groups in total. The Hall–Kier alpha value is -2.04. The molecule has 136 valence electrons. The van der Waals surface area contributed by atoms with Gasteiger partial charge in [-0.05, 0) is 56.2 Å². The lowest BCUT2D eigenvalue weighted by atomic mass is 9.90. The van der Waals surface area contributed by atoms with Crippen molar-refractivity contribution in [3.8, 4) is 0 Å². The number of carbonyl (C=O) groups is 2. The number of hydrogen-bond donors (Lipinski definition) is 1. The van der Waals surface area contributed by atoms with Crippen LogP contribution in [-0.4, -0.2) is 54.0 Å². The van der Waals surface area contributed by atoms with Crippen LogP contribution in [0.25, 0.3) is 0 Å². The van der Waals surface area contributed by atoms with Crippen molar-refractivity contribution in [2.75, 3.05) is 26.2 Å². The van der Waals surface area contributed by atoms with E-state index in [1.54, 1.807) is 4.90 Å². The molecule has 0 aromatic heterocycles. The highest BCUT2D eigenvalue weighted by atomic mass is 16.2. The summed E-state index contributed by atoms with van der Waals surface area (Å²) in [4.78, 5) is 28.3. The Labute approximate surface area is 150 Å². The summed E-state index contributed by atoms with van der Waals surface area (Å²) in [5, 5.41) is 2.91. The first-order valence-electron chi connectivity index (χ1n) is 9.47. The summed E-state index contributed by atoms with van der Waals surface area (Å²) in [7, 11) is 0. The molecule has 1 aromatic carbocycles. The van der Waals surface area contributed by atoms with Crippen LogP contribution in [0.3, 0.4) is 0 Å². The van der Waals surface area contributed by atoms with E-state index >= 15 is 0 Å². The summed E-state index contributed by atoms with van der Waals surface area (Å²) in [6, 6.07) is 6.63. The highest BCUT2D eigenvalue weighted by Gasteiger charge is 2.24. The van der Waals surface area contributed by atoms with Gasteiger partial charge in [-0.15, -0.1) is 0 Å². The molecule has 0 bridgehead atoms. The molecule has 25 heavy (non-hydrogen) atoms. The molecular weight excluding hydrogens is 314 g/mol. The summed E-state index contributed by atoms with van der Waals surface area (Å²) in [6.07, 6.45) is 5.31. The molecule has 0 saturated carbocycles. The standard InChI is InChI=1S/C20H29N3O2/c1-15(2)21-20(25)23-11-9-22(10-12-23)19(24)14-16-7-8-17-5-3-4-6-18(17)13-16/h7-8,13,15H,3-6,9-12,14H2,1-2H3,(H,21,25). The van der Waals surface area contributed by atoms with Gasteiger partial charge in [0.05, 0.1) is 6.42 Å². The van der Waals surface area contributed by atoms with E-state index in [2.05, 4.69) is 23.5 Å². The summed E-state index contributed by atoms with van der Waals surface area (Å²) in [5.74, 6) is 0.166. The Kier molecular flexibility index (Phi) is 5.61. The third kappa shape index (κ3) is 4.53. The molecule has 3 rings (SSSR count). The van der Waals surface area contributed by atoms with Crippen LogP contribution in [0.4, 0.5) is 4.79 Å². The number of hydrogen-bond acceptors (Lipinski definition) is 2. The Morgan fingerprint density at radius 2 is 1.64 bits per heavy atom. The van der Waals surface area contributed by atoms with Gasteiger partial charge in [-0.25, -0.2) is 4.79 Å². The third-order valence-corrected chi connectivity index (χ3v) is 5.10. The van der Waals surface area contributed by atoms with Crippen molar-refractivity contribution in [1.29, 1.82) is 0 Å². The number of rotatable bonds is 3. The maximum Gasteiger partial charge on any atom is 0.317 e. The molecule has 5 nitrogen and oxygen atoms in total. The van der Waals surface area contributed by atoms with Gasteiger partial charge in [0, 0.05) is 32.2 Å². The van der Waals surface area contributed by atoms with Crippen molar-refractivity contribution in [1.82, 2.24) is 15.1 Å². The van der Waals surface area contributed by atoms with Crippen LogP contribution in [0, 0.1) is 0 Å². The minimum absolute atomic E-state index is 0.0308. The number of carbonyl (C=O) groups excluding carboxylic acids is 2. The molecule has 0 spiro atoms. The number of nitrogens with zero attached hydrogens (tertiary/aromatic N) is 2. The maximum absolute atomic E-state index is 12.6. The van der Waals surface area contributed by atoms with E-state index < -0.39 is 0 Å². The van der Waals surface area contributed by atoms with Gasteiger partial charge in [0.1, 0.15) is 0 Å². The predicted molar refractivity (Wildman–Crippen MR) is 98.6 cm³/mol. The Morgan fingerprint density at radius 1 is 1.00 bits per heavy atom. The minimum atomic E-state index is -0.0308. The Balaban J connectivity index is 1.52. The average Bonchev–Trinajstić information content (AvgIpc) is 2.61. The monoisotopic (exact) mass is 343 g/mol. The Morgan fingerprint density at radius 3 is 2.32 bits per heavy atom. The number of piperazine rings is 1. The van der Waals surface area contributed by atoms with Crippen LogP contribution in [0.15, 0.2) is 18.2 Å². The van der Waals surface area contributed by atoms with Crippen LogP contribution in [-0.2, 0) is 24.1 Å². The van der Waals surface area contributed by atoms with E-state index in [0.29, 0.717) is 32.6 Å². The van der Waals surface area contributed by atoms with Crippen molar-refractivity contribution >= 4 is 11.9 Å². The molecule has 0 atom stereocenters. The van der Waals surface area contributed by atoms with Crippen LogP contribution in [0.5, 0.6) is 0 Å². The molecule has 3 amide bonds.